The maximum Gasteiger partial charge on any atom is 0.305 e. The monoisotopic (exact) mass is 390 g/mol. The van der Waals surface area contributed by atoms with E-state index in [0.29, 0.717) is 18.8 Å². The molecule has 0 bridgehead atoms. The maximum atomic E-state index is 11.1. The molecule has 1 fully saturated rings. The summed E-state index contributed by atoms with van der Waals surface area (Å²) >= 11 is 0. The molecular weight excluding hydrogens is 352 g/mol. The molecule has 0 aliphatic carbocycles. The maximum absolute atomic E-state index is 11.1. The normalized spacial score (nSPS) is 26.5. The molecule has 0 saturated carbocycles. The Hall–Kier alpha value is -0.730. The quantitative estimate of drug-likeness (QED) is 0.440. The van der Waals surface area contributed by atoms with Crippen molar-refractivity contribution in [3.05, 3.63) is 0 Å². The molecule has 1 rings (SSSR count). The molecule has 2 N–H and O–H groups in total. The van der Waals surface area contributed by atoms with Crippen molar-refractivity contribution < 1.29 is 34.0 Å². The molecule has 1 aliphatic rings. The van der Waals surface area contributed by atoms with Crippen LogP contribution in [0, 0.1) is 5.92 Å². The van der Waals surface area contributed by atoms with E-state index >= 15 is 0 Å². The lowest BCUT2D eigenvalue weighted by Gasteiger charge is -2.36. The summed E-state index contributed by atoms with van der Waals surface area (Å²) in [6, 6.07) is 0. The summed E-state index contributed by atoms with van der Waals surface area (Å²) in [6.07, 6.45) is 4.59. The third kappa shape index (κ3) is 10.4. The number of carbonyl (C=O) groups is 1. The fourth-order valence-corrected chi connectivity index (χ4v) is 3.88. The Morgan fingerprint density at radius 1 is 1.22 bits per heavy atom. The molecule has 7 nitrogen and oxygen atoms in total. The zero-order valence-corrected chi connectivity index (χ0v) is 17.3. The first kappa shape index (κ1) is 24.3. The summed E-state index contributed by atoms with van der Waals surface area (Å²) in [5, 5.41) is 19.1. The average Bonchev–Trinajstić information content (AvgIpc) is 2.58. The van der Waals surface area contributed by atoms with Gasteiger partial charge < -0.3 is 29.2 Å². The molecule has 6 atom stereocenters. The predicted molar refractivity (Wildman–Crippen MR) is 102 cm³/mol. The van der Waals surface area contributed by atoms with Gasteiger partial charge in [0, 0.05) is 20.6 Å². The fourth-order valence-electron chi connectivity index (χ4n) is 3.88. The van der Waals surface area contributed by atoms with Crippen LogP contribution in [0.25, 0.3) is 0 Å². The Labute approximate surface area is 163 Å². The van der Waals surface area contributed by atoms with E-state index in [-0.39, 0.29) is 43.7 Å². The molecule has 0 spiro atoms. The minimum absolute atomic E-state index is 0.0123. The number of aliphatic hydroxyl groups excluding tert-OH is 1. The highest BCUT2D eigenvalue weighted by atomic mass is 16.7. The molecule has 7 heteroatoms. The highest BCUT2D eigenvalue weighted by Gasteiger charge is 2.32. The van der Waals surface area contributed by atoms with Gasteiger partial charge in [0.2, 0.25) is 0 Å². The average molecular weight is 391 g/mol. The highest BCUT2D eigenvalue weighted by Crippen LogP contribution is 2.29. The van der Waals surface area contributed by atoms with Gasteiger partial charge in [-0.05, 0) is 38.0 Å². The number of rotatable bonds is 14. The molecule has 1 heterocycles. The van der Waals surface area contributed by atoms with Gasteiger partial charge in [-0.2, -0.15) is 0 Å². The summed E-state index contributed by atoms with van der Waals surface area (Å²) in [5.74, 6) is -0.524. The summed E-state index contributed by atoms with van der Waals surface area (Å²) in [4.78, 5) is 11.1. The summed E-state index contributed by atoms with van der Waals surface area (Å²) < 4.78 is 22.2. The van der Waals surface area contributed by atoms with Gasteiger partial charge >= 0.3 is 5.97 Å². The molecule has 0 radical (unpaired) electrons. The van der Waals surface area contributed by atoms with Crippen LogP contribution in [-0.2, 0) is 23.7 Å². The van der Waals surface area contributed by atoms with E-state index in [2.05, 4.69) is 13.8 Å². The smallest absolute Gasteiger partial charge is 0.305 e. The number of carboxylic acids is 1. The van der Waals surface area contributed by atoms with Crippen LogP contribution >= 0.6 is 0 Å². The van der Waals surface area contributed by atoms with Crippen molar-refractivity contribution in [1.82, 2.24) is 0 Å². The van der Waals surface area contributed by atoms with E-state index < -0.39 is 5.97 Å². The van der Waals surface area contributed by atoms with Crippen molar-refractivity contribution in [2.75, 3.05) is 21.0 Å². The minimum Gasteiger partial charge on any atom is -0.481 e. The van der Waals surface area contributed by atoms with E-state index in [1.165, 1.54) is 0 Å². The first-order valence-electron chi connectivity index (χ1n) is 10.1. The summed E-state index contributed by atoms with van der Waals surface area (Å²) in [5.41, 5.74) is 0. The van der Waals surface area contributed by atoms with Crippen molar-refractivity contribution in [1.29, 1.82) is 0 Å². The second kappa shape index (κ2) is 13.4. The van der Waals surface area contributed by atoms with E-state index in [0.717, 1.165) is 32.1 Å². The SMILES string of the molecule is CCC[C@H](O)C[C@H](C[C@H](C)C[C@@H]1C[C@H](OCOC)C[C@H](CC(=O)O)O1)OC. The number of carboxylic acid groups (broad SMARTS) is 1. The van der Waals surface area contributed by atoms with E-state index in [1.807, 2.05) is 0 Å². The first-order chi connectivity index (χ1) is 12.9. The molecular formula is C20H38O7. The van der Waals surface area contributed by atoms with Crippen molar-refractivity contribution in [3.63, 3.8) is 0 Å². The van der Waals surface area contributed by atoms with Crippen LogP contribution in [0.5, 0.6) is 0 Å². The molecule has 160 valence electrons. The van der Waals surface area contributed by atoms with Crippen LogP contribution in [0.1, 0.15) is 65.2 Å². The molecule has 0 aromatic carbocycles. The number of aliphatic hydroxyl groups is 1. The van der Waals surface area contributed by atoms with Crippen molar-refractivity contribution in [3.8, 4) is 0 Å². The van der Waals surface area contributed by atoms with Gasteiger partial charge in [-0.25, -0.2) is 0 Å². The van der Waals surface area contributed by atoms with Crippen LogP contribution in [0.4, 0.5) is 0 Å². The first-order valence-corrected chi connectivity index (χ1v) is 10.1. The number of aliphatic carboxylic acids is 1. The lowest BCUT2D eigenvalue weighted by Crippen LogP contribution is -2.39. The molecule has 0 unspecified atom stereocenters. The number of methoxy groups -OCH3 is 2. The number of hydrogen-bond acceptors (Lipinski definition) is 6. The summed E-state index contributed by atoms with van der Waals surface area (Å²) in [6.45, 7) is 4.41. The zero-order valence-electron chi connectivity index (χ0n) is 17.3. The predicted octanol–water partition coefficient (Wildman–Crippen LogP) is 2.98. The number of ether oxygens (including phenoxy) is 4. The lowest BCUT2D eigenvalue weighted by atomic mass is 9.89. The molecule has 0 aromatic rings. The standard InChI is InChI=1S/C20H38O7/c1-5-6-15(21)9-16(25-4)7-14(2)8-18-10-17(26-13-24-3)11-19(27-18)12-20(22)23/h14-19,21H,5-13H2,1-4H3,(H,22,23)/t14-,15-,16-,17-,18+,19+/m0/s1. The van der Waals surface area contributed by atoms with Crippen LogP contribution in [-0.4, -0.2) is 67.7 Å². The molecule has 0 aromatic heterocycles. The third-order valence-electron chi connectivity index (χ3n) is 5.08. The van der Waals surface area contributed by atoms with Gasteiger partial charge in [0.15, 0.2) is 0 Å². The van der Waals surface area contributed by atoms with Crippen LogP contribution < -0.4 is 0 Å². The van der Waals surface area contributed by atoms with Crippen LogP contribution in [0.15, 0.2) is 0 Å². The second-order valence-electron chi connectivity index (χ2n) is 7.76. The molecule has 1 saturated heterocycles. The molecule has 27 heavy (non-hydrogen) atoms. The van der Waals surface area contributed by atoms with Gasteiger partial charge in [-0.1, -0.05) is 20.3 Å². The largest absolute Gasteiger partial charge is 0.481 e. The third-order valence-corrected chi connectivity index (χ3v) is 5.08. The van der Waals surface area contributed by atoms with Crippen LogP contribution in [0.3, 0.4) is 0 Å². The highest BCUT2D eigenvalue weighted by molar-refractivity contribution is 5.67. The fraction of sp³-hybridized carbons (Fsp3) is 0.950. The second-order valence-corrected chi connectivity index (χ2v) is 7.76. The van der Waals surface area contributed by atoms with Crippen molar-refractivity contribution in [2.24, 2.45) is 5.92 Å². The summed E-state index contributed by atoms with van der Waals surface area (Å²) in [7, 11) is 3.26. The Morgan fingerprint density at radius 3 is 2.52 bits per heavy atom. The van der Waals surface area contributed by atoms with E-state index in [1.54, 1.807) is 14.2 Å². The molecule has 1 aliphatic heterocycles. The van der Waals surface area contributed by atoms with Crippen molar-refractivity contribution >= 4 is 5.97 Å². The Bertz CT molecular complexity index is 404. The van der Waals surface area contributed by atoms with Gasteiger partial charge in [0.25, 0.3) is 0 Å². The topological polar surface area (TPSA) is 94.5 Å². The van der Waals surface area contributed by atoms with Crippen LogP contribution in [0.2, 0.25) is 0 Å². The van der Waals surface area contributed by atoms with Gasteiger partial charge in [0.1, 0.15) is 6.79 Å². The lowest BCUT2D eigenvalue weighted by molar-refractivity contribution is -0.162. The Kier molecular flexibility index (Phi) is 12.1. The zero-order chi connectivity index (χ0) is 20.2. The van der Waals surface area contributed by atoms with Gasteiger partial charge in [-0.15, -0.1) is 0 Å². The number of hydrogen-bond donors (Lipinski definition) is 2. The minimum atomic E-state index is -0.858. The van der Waals surface area contributed by atoms with Gasteiger partial charge in [-0.3, -0.25) is 4.79 Å². The Balaban J connectivity index is 2.54. The Morgan fingerprint density at radius 2 is 1.93 bits per heavy atom. The van der Waals surface area contributed by atoms with E-state index in [9.17, 15) is 9.90 Å². The van der Waals surface area contributed by atoms with Gasteiger partial charge in [0.05, 0.1) is 36.9 Å². The van der Waals surface area contributed by atoms with E-state index in [4.69, 9.17) is 24.1 Å². The van der Waals surface area contributed by atoms with Crippen molar-refractivity contribution in [2.45, 2.75) is 95.7 Å². The molecule has 0 amide bonds.